The van der Waals surface area contributed by atoms with Crippen molar-refractivity contribution in [3.63, 3.8) is 0 Å². The van der Waals surface area contributed by atoms with Crippen LogP contribution in [-0.4, -0.2) is 6.98 Å². The summed E-state index contributed by atoms with van der Waals surface area (Å²) >= 11 is 0. The molecule has 0 saturated carbocycles. The predicted octanol–water partition coefficient (Wildman–Crippen LogP) is 0.602. The normalized spacial score (nSPS) is 10.9. The van der Waals surface area contributed by atoms with E-state index in [2.05, 4.69) is 0 Å². The van der Waals surface area contributed by atoms with Gasteiger partial charge in [0.2, 0.25) is 0 Å². The van der Waals surface area contributed by atoms with E-state index in [4.69, 9.17) is 4.74 Å². The molecule has 0 heterocycles. The van der Waals surface area contributed by atoms with E-state index in [0.29, 0.717) is 0 Å². The van der Waals surface area contributed by atoms with Crippen molar-refractivity contribution in [2.75, 3.05) is 0 Å². The van der Waals surface area contributed by atoms with Crippen molar-refractivity contribution < 1.29 is 77.8 Å². The third-order valence-electron chi connectivity index (χ3n) is 2.66. The Bertz CT molecular complexity index is 618. The monoisotopic (exact) mass is 326 g/mol. The van der Waals surface area contributed by atoms with Gasteiger partial charge >= 0.3 is 58.4 Å². The van der Waals surface area contributed by atoms with Gasteiger partial charge in [0.1, 0.15) is 18.2 Å². The summed E-state index contributed by atoms with van der Waals surface area (Å²) in [6, 6.07) is 7.34. The van der Waals surface area contributed by atoms with Crippen molar-refractivity contribution in [2.45, 2.75) is 6.61 Å². The van der Waals surface area contributed by atoms with Crippen LogP contribution in [0.5, 0.6) is 5.75 Å². The molecule has 0 atom stereocenters. The zero-order chi connectivity index (χ0) is 14.8. The summed E-state index contributed by atoms with van der Waals surface area (Å²) in [5.74, 6) is -1.82. The molecule has 0 bridgehead atoms. The topological polar surface area (TPSA) is 9.23 Å². The van der Waals surface area contributed by atoms with Crippen LogP contribution in [0.2, 0.25) is 0 Å². The molecule has 0 saturated heterocycles. The second-order valence-corrected chi connectivity index (χ2v) is 4.14. The zero-order valence-electron chi connectivity index (χ0n) is 11.1. The van der Waals surface area contributed by atoms with E-state index in [1.807, 2.05) is 0 Å². The van der Waals surface area contributed by atoms with Gasteiger partial charge in [0.15, 0.2) is 0 Å². The summed E-state index contributed by atoms with van der Waals surface area (Å²) in [5, 5.41) is 0. The summed E-state index contributed by atoms with van der Waals surface area (Å²) in [6.45, 7) is -5.71. The Kier molecular flexibility index (Phi) is 6.86. The molecule has 0 aliphatic heterocycles. The van der Waals surface area contributed by atoms with Gasteiger partial charge in [-0.3, -0.25) is 0 Å². The van der Waals surface area contributed by atoms with Crippen LogP contribution in [-0.2, 0) is 6.61 Å². The van der Waals surface area contributed by atoms with Gasteiger partial charge in [-0.15, -0.1) is 0 Å². The van der Waals surface area contributed by atoms with Gasteiger partial charge in [0, 0.05) is 5.56 Å². The van der Waals surface area contributed by atoms with Crippen LogP contribution in [0.4, 0.5) is 21.7 Å². The Balaban J connectivity index is 0.00000220. The van der Waals surface area contributed by atoms with Crippen molar-refractivity contribution in [2.24, 2.45) is 0 Å². The number of hydrogen-bond acceptors (Lipinski definition) is 1. The van der Waals surface area contributed by atoms with E-state index in [-0.39, 0.29) is 56.9 Å². The molecule has 1 nitrogen and oxygen atoms in total. The second-order valence-electron chi connectivity index (χ2n) is 4.14. The molecule has 0 aromatic heterocycles. The Hall–Kier alpha value is -0.409. The second kappa shape index (κ2) is 7.73. The Labute approximate surface area is 161 Å². The maximum absolute atomic E-state index is 13.3. The predicted molar refractivity (Wildman–Crippen MR) is 65.8 cm³/mol. The van der Waals surface area contributed by atoms with Gasteiger partial charge in [-0.1, -0.05) is 23.7 Å². The Morgan fingerprint density at radius 2 is 1.62 bits per heavy atom. The van der Waals surface area contributed by atoms with Crippen LogP contribution < -0.4 is 61.6 Å². The molecule has 106 valence electrons. The van der Waals surface area contributed by atoms with Crippen LogP contribution in [0, 0.1) is 11.6 Å². The number of para-hydroxylation sites is 1. The van der Waals surface area contributed by atoms with Crippen molar-refractivity contribution in [3.8, 4) is 5.75 Å². The quantitative estimate of drug-likeness (QED) is 0.591. The van der Waals surface area contributed by atoms with Gasteiger partial charge in [-0.2, -0.15) is 0 Å². The molecule has 8 heteroatoms. The third kappa shape index (κ3) is 5.07. The molecule has 0 amide bonds. The van der Waals surface area contributed by atoms with Crippen LogP contribution in [0.3, 0.4) is 0 Å². The molecule has 0 unspecified atom stereocenters. The van der Waals surface area contributed by atoms with Gasteiger partial charge in [-0.25, -0.2) is 8.78 Å². The van der Waals surface area contributed by atoms with E-state index in [0.717, 1.165) is 30.3 Å². The first-order chi connectivity index (χ1) is 9.38. The average molecular weight is 326 g/mol. The Morgan fingerprint density at radius 3 is 2.29 bits per heavy atom. The summed E-state index contributed by atoms with van der Waals surface area (Å²) in [4.78, 5) is 0. The molecule has 0 N–H and O–H groups in total. The first kappa shape index (κ1) is 18.6. The number of halogens is 5. The van der Waals surface area contributed by atoms with Crippen molar-refractivity contribution in [1.82, 2.24) is 0 Å². The van der Waals surface area contributed by atoms with Crippen LogP contribution >= 0.6 is 0 Å². The minimum atomic E-state index is -5.23. The third-order valence-corrected chi connectivity index (χ3v) is 2.66. The average Bonchev–Trinajstić information content (AvgIpc) is 2.39. The molecular formula is C13H9BF5KO. The minimum Gasteiger partial charge on any atom is -0.492 e. The molecule has 2 aromatic rings. The smallest absolute Gasteiger partial charge is 0.492 e. The first-order valence-electron chi connectivity index (χ1n) is 5.73. The van der Waals surface area contributed by atoms with Crippen molar-refractivity contribution >= 4 is 12.4 Å². The SMILES string of the molecule is Fc1ccc(F)c(COc2ccccc2[B-](F)(F)F)c1.[K+]. The molecule has 21 heavy (non-hydrogen) atoms. The van der Waals surface area contributed by atoms with Gasteiger partial charge in [0.05, 0.1) is 5.75 Å². The fraction of sp³-hybridized carbons (Fsp3) is 0.0769. The van der Waals surface area contributed by atoms with Gasteiger partial charge in [0.25, 0.3) is 0 Å². The summed E-state index contributed by atoms with van der Waals surface area (Å²) in [7, 11) is 0. The first-order valence-corrected chi connectivity index (χ1v) is 5.73. The Morgan fingerprint density at radius 1 is 0.952 bits per heavy atom. The van der Waals surface area contributed by atoms with E-state index < -0.39 is 36.4 Å². The molecule has 0 aliphatic rings. The van der Waals surface area contributed by atoms with Crippen molar-refractivity contribution in [3.05, 3.63) is 59.7 Å². The van der Waals surface area contributed by atoms with E-state index in [1.165, 1.54) is 12.1 Å². The molecule has 2 rings (SSSR count). The largest absolute Gasteiger partial charge is 1.00 e. The molecule has 0 fully saturated rings. The van der Waals surface area contributed by atoms with Gasteiger partial charge < -0.3 is 17.7 Å². The zero-order valence-corrected chi connectivity index (χ0v) is 14.2. The molecule has 0 radical (unpaired) electrons. The van der Waals surface area contributed by atoms with Crippen molar-refractivity contribution in [1.29, 1.82) is 0 Å². The summed E-state index contributed by atoms with van der Waals surface area (Å²) < 4.78 is 69.6. The van der Waals surface area contributed by atoms with Crippen LogP contribution in [0.15, 0.2) is 42.5 Å². The maximum Gasteiger partial charge on any atom is 1.00 e. The number of benzene rings is 2. The standard InChI is InChI=1S/C13H9BF5O.K/c15-10-5-6-12(16)9(7-10)8-20-13-4-2-1-3-11(13)14(17,18)19;/h1-7H,8H2;/q-1;+1. The van der Waals surface area contributed by atoms with E-state index in [9.17, 15) is 21.7 Å². The van der Waals surface area contributed by atoms with Crippen LogP contribution in [0.25, 0.3) is 0 Å². The molecular weight excluding hydrogens is 317 g/mol. The van der Waals surface area contributed by atoms with Crippen LogP contribution in [0.1, 0.15) is 5.56 Å². The minimum absolute atomic E-state index is 0. The van der Waals surface area contributed by atoms with E-state index >= 15 is 0 Å². The van der Waals surface area contributed by atoms with E-state index in [1.54, 1.807) is 0 Å². The molecule has 0 spiro atoms. The fourth-order valence-electron chi connectivity index (χ4n) is 1.69. The number of hydrogen-bond donors (Lipinski definition) is 0. The summed E-state index contributed by atoms with van der Waals surface area (Å²) in [6.07, 6.45) is 0. The summed E-state index contributed by atoms with van der Waals surface area (Å²) in [5.41, 5.74) is -1.04. The molecule has 0 aliphatic carbocycles. The van der Waals surface area contributed by atoms with Gasteiger partial charge in [-0.05, 0) is 24.3 Å². The fourth-order valence-corrected chi connectivity index (χ4v) is 1.69. The number of ether oxygens (including phenoxy) is 1. The molecule has 2 aromatic carbocycles. The maximum atomic E-state index is 13.3. The number of rotatable bonds is 4.